The van der Waals surface area contributed by atoms with E-state index in [1.807, 2.05) is 0 Å². The molecule has 2 aromatic rings. The second-order valence-electron chi connectivity index (χ2n) is 5.96. The number of aryl methyl sites for hydroxylation is 2. The zero-order valence-electron chi connectivity index (χ0n) is 12.9. The summed E-state index contributed by atoms with van der Waals surface area (Å²) in [5.74, 6) is 0.497. The minimum atomic E-state index is -0.164. The van der Waals surface area contributed by atoms with Crippen LogP contribution in [0.4, 0.5) is 10.2 Å². The van der Waals surface area contributed by atoms with Gasteiger partial charge in [-0.25, -0.2) is 9.07 Å². The van der Waals surface area contributed by atoms with E-state index in [4.69, 9.17) is 5.73 Å². The van der Waals surface area contributed by atoms with Gasteiger partial charge in [0.2, 0.25) is 0 Å². The van der Waals surface area contributed by atoms with E-state index in [1.165, 1.54) is 0 Å². The van der Waals surface area contributed by atoms with Crippen LogP contribution in [0.3, 0.4) is 0 Å². The number of likely N-dealkylation sites (N-methyl/N-ethyl adjacent to an activating group) is 1. The summed E-state index contributed by atoms with van der Waals surface area (Å²) >= 11 is 0. The molecule has 1 atom stereocenters. The molecule has 0 amide bonds. The second kappa shape index (κ2) is 4.84. The standard InChI is InChI=1S/C16H21FN4/c1-9-7-12(8-10(2)15(9)17)21-16(18)14-11(3)20(4)6-5-13(14)19-21/h7-8,11H,5-6,18H2,1-4H3/t11-/m0/s1. The molecule has 0 aliphatic carbocycles. The van der Waals surface area contributed by atoms with Gasteiger partial charge in [0.05, 0.1) is 11.4 Å². The average Bonchev–Trinajstić information content (AvgIpc) is 2.77. The first-order valence-corrected chi connectivity index (χ1v) is 7.24. The molecular formula is C16H21FN4. The number of rotatable bonds is 1. The van der Waals surface area contributed by atoms with Crippen molar-refractivity contribution < 1.29 is 4.39 Å². The third-order valence-corrected chi connectivity index (χ3v) is 4.48. The fourth-order valence-corrected chi connectivity index (χ4v) is 3.07. The van der Waals surface area contributed by atoms with Gasteiger partial charge in [-0.1, -0.05) is 0 Å². The van der Waals surface area contributed by atoms with Gasteiger partial charge in [0, 0.05) is 24.6 Å². The van der Waals surface area contributed by atoms with E-state index in [0.717, 1.165) is 29.9 Å². The Kier molecular flexibility index (Phi) is 3.24. The van der Waals surface area contributed by atoms with Crippen LogP contribution in [-0.4, -0.2) is 28.3 Å². The number of fused-ring (bicyclic) bond motifs is 1. The number of nitrogens with zero attached hydrogens (tertiary/aromatic N) is 3. The van der Waals surface area contributed by atoms with Gasteiger partial charge in [-0.3, -0.25) is 4.90 Å². The monoisotopic (exact) mass is 288 g/mol. The normalized spacial score (nSPS) is 18.8. The van der Waals surface area contributed by atoms with Gasteiger partial charge in [-0.15, -0.1) is 0 Å². The summed E-state index contributed by atoms with van der Waals surface area (Å²) < 4.78 is 15.5. The molecule has 3 rings (SSSR count). The molecule has 1 aliphatic rings. The Morgan fingerprint density at radius 3 is 2.52 bits per heavy atom. The summed E-state index contributed by atoms with van der Waals surface area (Å²) in [5.41, 5.74) is 10.5. The Labute approximate surface area is 124 Å². The zero-order valence-corrected chi connectivity index (χ0v) is 12.9. The van der Waals surface area contributed by atoms with E-state index in [0.29, 0.717) is 16.9 Å². The predicted octanol–water partition coefficient (Wildman–Crippen LogP) is 2.76. The van der Waals surface area contributed by atoms with E-state index < -0.39 is 0 Å². The summed E-state index contributed by atoms with van der Waals surface area (Å²) in [6.07, 6.45) is 0.895. The summed E-state index contributed by atoms with van der Waals surface area (Å²) in [7, 11) is 2.09. The van der Waals surface area contributed by atoms with Crippen molar-refractivity contribution >= 4 is 5.82 Å². The molecule has 0 saturated carbocycles. The Morgan fingerprint density at radius 1 is 1.29 bits per heavy atom. The molecule has 1 aromatic heterocycles. The first-order valence-electron chi connectivity index (χ1n) is 7.24. The van der Waals surface area contributed by atoms with E-state index in [9.17, 15) is 4.39 Å². The van der Waals surface area contributed by atoms with Crippen LogP contribution in [-0.2, 0) is 6.42 Å². The molecule has 4 nitrogen and oxygen atoms in total. The van der Waals surface area contributed by atoms with Crippen LogP contribution >= 0.6 is 0 Å². The quantitative estimate of drug-likeness (QED) is 0.877. The number of nitrogens with two attached hydrogens (primary N) is 1. The van der Waals surface area contributed by atoms with Crippen LogP contribution in [0.15, 0.2) is 12.1 Å². The highest BCUT2D eigenvalue weighted by atomic mass is 19.1. The minimum Gasteiger partial charge on any atom is -0.383 e. The van der Waals surface area contributed by atoms with Gasteiger partial charge in [0.15, 0.2) is 0 Å². The van der Waals surface area contributed by atoms with Crippen molar-refractivity contribution in [2.75, 3.05) is 19.3 Å². The minimum absolute atomic E-state index is 0.164. The van der Waals surface area contributed by atoms with Gasteiger partial charge in [-0.2, -0.15) is 5.10 Å². The van der Waals surface area contributed by atoms with Crippen molar-refractivity contribution in [3.05, 3.63) is 40.3 Å². The highest BCUT2D eigenvalue weighted by Gasteiger charge is 2.28. The fourth-order valence-electron chi connectivity index (χ4n) is 3.07. The Morgan fingerprint density at radius 2 is 1.90 bits per heavy atom. The number of benzene rings is 1. The van der Waals surface area contributed by atoms with Crippen LogP contribution in [0.1, 0.15) is 35.3 Å². The molecule has 21 heavy (non-hydrogen) atoms. The predicted molar refractivity (Wildman–Crippen MR) is 82.2 cm³/mol. The lowest BCUT2D eigenvalue weighted by Crippen LogP contribution is -2.30. The molecule has 5 heteroatoms. The lowest BCUT2D eigenvalue weighted by molar-refractivity contribution is 0.247. The van der Waals surface area contributed by atoms with Gasteiger partial charge >= 0.3 is 0 Å². The Hall–Kier alpha value is -1.88. The molecule has 0 bridgehead atoms. The van der Waals surface area contributed by atoms with Crippen molar-refractivity contribution in [3.8, 4) is 5.69 Å². The molecule has 0 unspecified atom stereocenters. The van der Waals surface area contributed by atoms with Crippen LogP contribution in [0.25, 0.3) is 5.69 Å². The number of hydrogen-bond donors (Lipinski definition) is 1. The number of aromatic nitrogens is 2. The molecule has 0 saturated heterocycles. The molecular weight excluding hydrogens is 267 g/mol. The lowest BCUT2D eigenvalue weighted by Gasteiger charge is -2.29. The highest BCUT2D eigenvalue weighted by Crippen LogP contribution is 2.34. The first kappa shape index (κ1) is 14.1. The van der Waals surface area contributed by atoms with Crippen molar-refractivity contribution in [1.29, 1.82) is 0 Å². The molecule has 112 valence electrons. The van der Waals surface area contributed by atoms with E-state index in [2.05, 4.69) is 24.0 Å². The number of nitrogen functional groups attached to an aromatic ring is 1. The number of halogens is 1. The maximum atomic E-state index is 13.8. The summed E-state index contributed by atoms with van der Waals surface area (Å²) in [6.45, 7) is 6.65. The van der Waals surface area contributed by atoms with Crippen LogP contribution in [0.2, 0.25) is 0 Å². The molecule has 1 aliphatic heterocycles. The smallest absolute Gasteiger partial charge is 0.132 e. The van der Waals surface area contributed by atoms with Crippen molar-refractivity contribution in [2.24, 2.45) is 0 Å². The largest absolute Gasteiger partial charge is 0.383 e. The van der Waals surface area contributed by atoms with Crippen molar-refractivity contribution in [2.45, 2.75) is 33.2 Å². The average molecular weight is 288 g/mol. The molecule has 0 radical (unpaired) electrons. The van der Waals surface area contributed by atoms with Crippen LogP contribution in [0, 0.1) is 19.7 Å². The second-order valence-corrected chi connectivity index (χ2v) is 5.96. The topological polar surface area (TPSA) is 47.1 Å². The lowest BCUT2D eigenvalue weighted by atomic mass is 10.0. The van der Waals surface area contributed by atoms with E-state index >= 15 is 0 Å². The van der Waals surface area contributed by atoms with Crippen LogP contribution in [0.5, 0.6) is 0 Å². The summed E-state index contributed by atoms with van der Waals surface area (Å²) in [5, 5.41) is 4.66. The van der Waals surface area contributed by atoms with E-state index in [-0.39, 0.29) is 11.9 Å². The van der Waals surface area contributed by atoms with Gasteiger partial charge in [0.25, 0.3) is 0 Å². The van der Waals surface area contributed by atoms with Gasteiger partial charge in [-0.05, 0) is 51.1 Å². The molecule has 2 heterocycles. The maximum absolute atomic E-state index is 13.8. The SMILES string of the molecule is Cc1cc(-n2nc3c(c2N)[C@H](C)N(C)CC3)cc(C)c1F. The maximum Gasteiger partial charge on any atom is 0.132 e. The fraction of sp³-hybridized carbons (Fsp3) is 0.438. The van der Waals surface area contributed by atoms with Crippen molar-refractivity contribution in [3.63, 3.8) is 0 Å². The molecule has 0 spiro atoms. The van der Waals surface area contributed by atoms with E-state index in [1.54, 1.807) is 30.7 Å². The Bertz CT molecular complexity index is 682. The van der Waals surface area contributed by atoms with Crippen LogP contribution < -0.4 is 5.73 Å². The zero-order chi connectivity index (χ0) is 15.3. The first-order chi connectivity index (χ1) is 9.90. The molecule has 1 aromatic carbocycles. The summed E-state index contributed by atoms with van der Waals surface area (Å²) in [6, 6.07) is 3.85. The molecule has 2 N–H and O–H groups in total. The number of hydrogen-bond acceptors (Lipinski definition) is 3. The Balaban J connectivity index is 2.15. The third-order valence-electron chi connectivity index (χ3n) is 4.48. The van der Waals surface area contributed by atoms with Crippen molar-refractivity contribution in [1.82, 2.24) is 14.7 Å². The van der Waals surface area contributed by atoms with Gasteiger partial charge < -0.3 is 5.73 Å². The highest BCUT2D eigenvalue weighted by molar-refractivity contribution is 5.53. The van der Waals surface area contributed by atoms with Gasteiger partial charge in [0.1, 0.15) is 11.6 Å². The molecule has 0 fully saturated rings. The number of anilines is 1. The summed E-state index contributed by atoms with van der Waals surface area (Å²) in [4.78, 5) is 2.27. The third kappa shape index (κ3) is 2.12.